The number of nitrogens with one attached hydrogen (secondary N) is 1. The summed E-state index contributed by atoms with van der Waals surface area (Å²) in [5.74, 6) is 0. The summed E-state index contributed by atoms with van der Waals surface area (Å²) in [5, 5.41) is 14.0. The van der Waals surface area contributed by atoms with E-state index in [-0.39, 0.29) is 7.69 Å². The van der Waals surface area contributed by atoms with Gasteiger partial charge in [-0.2, -0.15) is 0 Å². The predicted octanol–water partition coefficient (Wildman–Crippen LogP) is 0.111. The summed E-state index contributed by atoms with van der Waals surface area (Å²) in [7, 11) is 0. The van der Waals surface area contributed by atoms with Gasteiger partial charge in [0.1, 0.15) is 0 Å². The van der Waals surface area contributed by atoms with Crippen LogP contribution in [-0.2, 0) is 0 Å². The number of benzene rings is 1. The Kier molecular flexibility index (Phi) is 2.31. The van der Waals surface area contributed by atoms with E-state index < -0.39 is 0 Å². The normalized spacial score (nSPS) is 9.00. The quantitative estimate of drug-likeness (QED) is 0.450. The van der Waals surface area contributed by atoms with Crippen molar-refractivity contribution in [3.63, 3.8) is 0 Å². The maximum atomic E-state index is 7.00. The molecule has 0 aliphatic heterocycles. The van der Waals surface area contributed by atoms with Crippen LogP contribution in [0.3, 0.4) is 0 Å². The van der Waals surface area contributed by atoms with Gasteiger partial charge in [0, 0.05) is 11.0 Å². The Bertz CT molecular complexity index is 225. The molecule has 0 spiro atoms. The molecular formula is C6H7BNO2. The number of aromatic amines is 1. The summed E-state index contributed by atoms with van der Waals surface area (Å²) in [6.45, 7) is 0. The third-order valence-electron chi connectivity index (χ3n) is 1.17. The van der Waals surface area contributed by atoms with Gasteiger partial charge in [-0.3, -0.25) is 0 Å². The molecule has 0 amide bonds. The van der Waals surface area contributed by atoms with Gasteiger partial charge in [0.2, 0.25) is 0 Å². The molecule has 0 saturated heterocycles. The highest BCUT2D eigenvalue weighted by molar-refractivity contribution is 6.13. The molecular weight excluding hydrogens is 129 g/mol. The standard InChI is InChI=1S/C6H5N.BH2O2/c1-2-6-4-3-5(1)7-6;2-1-3/h1-4,7H;2-3H. The van der Waals surface area contributed by atoms with Crippen molar-refractivity contribution in [1.29, 1.82) is 0 Å². The van der Waals surface area contributed by atoms with Crippen molar-refractivity contribution >= 4 is 18.7 Å². The smallest absolute Gasteiger partial charge is 0.429 e. The van der Waals surface area contributed by atoms with Crippen LogP contribution in [0.15, 0.2) is 24.3 Å². The molecule has 0 atom stereocenters. The van der Waals surface area contributed by atoms with E-state index in [1.807, 2.05) is 0 Å². The molecule has 4 heteroatoms. The van der Waals surface area contributed by atoms with Crippen molar-refractivity contribution in [3.05, 3.63) is 24.3 Å². The minimum atomic E-state index is 0. The van der Waals surface area contributed by atoms with Crippen LogP contribution in [-0.4, -0.2) is 22.7 Å². The van der Waals surface area contributed by atoms with Crippen LogP contribution in [0.2, 0.25) is 0 Å². The molecule has 0 aliphatic carbocycles. The largest absolute Gasteiger partial charge is 0.482 e. The molecule has 0 saturated carbocycles. The number of hydrogen-bond acceptors (Lipinski definition) is 2. The lowest BCUT2D eigenvalue weighted by atomic mass is 10.4. The molecule has 2 rings (SSSR count). The number of aromatic nitrogens is 1. The minimum absolute atomic E-state index is 0. The highest BCUT2D eigenvalue weighted by Gasteiger charge is 1.87. The van der Waals surface area contributed by atoms with Crippen molar-refractivity contribution in [2.75, 3.05) is 0 Å². The number of H-pyrrole nitrogens is 1. The first-order chi connectivity index (χ1) is 4.86. The molecule has 2 heterocycles. The molecule has 3 N–H and O–H groups in total. The molecule has 2 bridgehead atoms. The molecule has 1 radical (unpaired) electrons. The molecule has 2 aromatic heterocycles. The number of fused-ring (bicyclic) bond motifs is 2. The Morgan fingerprint density at radius 1 is 1.00 bits per heavy atom. The molecule has 51 valence electrons. The van der Waals surface area contributed by atoms with Crippen LogP contribution in [0.5, 0.6) is 0 Å². The van der Waals surface area contributed by atoms with Gasteiger partial charge in [0.05, 0.1) is 0 Å². The highest BCUT2D eigenvalue weighted by Crippen LogP contribution is 2.07. The third-order valence-corrected chi connectivity index (χ3v) is 1.17. The lowest BCUT2D eigenvalue weighted by Gasteiger charge is -1.64. The summed E-state index contributed by atoms with van der Waals surface area (Å²) in [4.78, 5) is 3.14. The van der Waals surface area contributed by atoms with Crippen LogP contribution in [0, 0.1) is 0 Å². The van der Waals surface area contributed by atoms with E-state index in [0.29, 0.717) is 0 Å². The maximum Gasteiger partial charge on any atom is 0.482 e. The van der Waals surface area contributed by atoms with Gasteiger partial charge in [-0.25, -0.2) is 0 Å². The fraction of sp³-hybridized carbons (Fsp3) is 0. The lowest BCUT2D eigenvalue weighted by molar-refractivity contribution is 0.448. The summed E-state index contributed by atoms with van der Waals surface area (Å²) in [6, 6.07) is 8.26. The second-order valence-electron chi connectivity index (χ2n) is 1.82. The van der Waals surface area contributed by atoms with Crippen LogP contribution in [0.4, 0.5) is 0 Å². The molecule has 2 aromatic rings. The van der Waals surface area contributed by atoms with Crippen molar-refractivity contribution in [1.82, 2.24) is 4.98 Å². The zero-order valence-electron chi connectivity index (χ0n) is 5.28. The van der Waals surface area contributed by atoms with E-state index >= 15 is 0 Å². The summed E-state index contributed by atoms with van der Waals surface area (Å²) < 4.78 is 0. The Morgan fingerprint density at radius 3 is 1.40 bits per heavy atom. The van der Waals surface area contributed by atoms with E-state index in [1.165, 1.54) is 11.0 Å². The SMILES string of the molecule is O[B]O.c1cc2ccc1[nH]2. The predicted molar refractivity (Wildman–Crippen MR) is 39.7 cm³/mol. The van der Waals surface area contributed by atoms with Crippen LogP contribution < -0.4 is 0 Å². The van der Waals surface area contributed by atoms with Gasteiger partial charge >= 0.3 is 7.69 Å². The average Bonchev–Trinajstić information content (AvgIpc) is 2.49. The molecule has 0 aromatic carbocycles. The number of hydrogen-bond donors (Lipinski definition) is 3. The van der Waals surface area contributed by atoms with Gasteiger partial charge in [-0.05, 0) is 24.3 Å². The molecule has 0 aliphatic rings. The minimum Gasteiger partial charge on any atom is -0.429 e. The van der Waals surface area contributed by atoms with Crippen LogP contribution >= 0.6 is 0 Å². The van der Waals surface area contributed by atoms with Gasteiger partial charge < -0.3 is 15.0 Å². The zero-order chi connectivity index (χ0) is 7.40. The average molecular weight is 136 g/mol. The van der Waals surface area contributed by atoms with E-state index in [9.17, 15) is 0 Å². The molecule has 0 unspecified atom stereocenters. The third kappa shape index (κ3) is 1.49. The topological polar surface area (TPSA) is 56.2 Å². The van der Waals surface area contributed by atoms with Crippen molar-refractivity contribution < 1.29 is 10.0 Å². The molecule has 0 fully saturated rings. The first-order valence-electron chi connectivity index (χ1n) is 2.84. The second-order valence-corrected chi connectivity index (χ2v) is 1.82. The van der Waals surface area contributed by atoms with Crippen LogP contribution in [0.25, 0.3) is 11.0 Å². The van der Waals surface area contributed by atoms with Gasteiger partial charge in [-0.15, -0.1) is 0 Å². The Balaban J connectivity index is 0.000000148. The van der Waals surface area contributed by atoms with Gasteiger partial charge in [0.25, 0.3) is 0 Å². The van der Waals surface area contributed by atoms with Crippen molar-refractivity contribution in [2.24, 2.45) is 0 Å². The van der Waals surface area contributed by atoms with E-state index in [2.05, 4.69) is 29.2 Å². The zero-order valence-corrected chi connectivity index (χ0v) is 5.28. The van der Waals surface area contributed by atoms with E-state index in [1.54, 1.807) is 0 Å². The molecule has 10 heavy (non-hydrogen) atoms. The van der Waals surface area contributed by atoms with Crippen molar-refractivity contribution in [2.45, 2.75) is 0 Å². The lowest BCUT2D eigenvalue weighted by Crippen LogP contribution is -1.75. The Morgan fingerprint density at radius 2 is 1.30 bits per heavy atom. The monoisotopic (exact) mass is 136 g/mol. The highest BCUT2D eigenvalue weighted by atomic mass is 16.4. The Hall–Kier alpha value is -0.995. The fourth-order valence-corrected chi connectivity index (χ4v) is 0.804. The summed E-state index contributed by atoms with van der Waals surface area (Å²) in [5.41, 5.74) is 2.44. The number of rotatable bonds is 0. The van der Waals surface area contributed by atoms with E-state index in [4.69, 9.17) is 10.0 Å². The summed E-state index contributed by atoms with van der Waals surface area (Å²) in [6.07, 6.45) is 0. The maximum absolute atomic E-state index is 7.00. The fourth-order valence-electron chi connectivity index (χ4n) is 0.804. The van der Waals surface area contributed by atoms with Gasteiger partial charge in [-0.1, -0.05) is 0 Å². The van der Waals surface area contributed by atoms with Crippen molar-refractivity contribution in [3.8, 4) is 0 Å². The second kappa shape index (κ2) is 3.24. The molecule has 3 nitrogen and oxygen atoms in total. The van der Waals surface area contributed by atoms with Crippen LogP contribution in [0.1, 0.15) is 0 Å². The van der Waals surface area contributed by atoms with E-state index in [0.717, 1.165) is 0 Å². The summed E-state index contributed by atoms with van der Waals surface area (Å²) >= 11 is 0. The first kappa shape index (κ1) is 7.12. The Labute approximate surface area is 59.0 Å². The first-order valence-corrected chi connectivity index (χ1v) is 2.84. The van der Waals surface area contributed by atoms with Gasteiger partial charge in [0.15, 0.2) is 0 Å².